The normalized spacial score (nSPS) is 52.2. The molecule has 3 heteroatoms. The molecule has 24 heavy (non-hydrogen) atoms. The molecule has 3 aliphatic carbocycles. The van der Waals surface area contributed by atoms with Gasteiger partial charge in [-0.3, -0.25) is 4.79 Å². The van der Waals surface area contributed by atoms with Crippen LogP contribution in [0.1, 0.15) is 52.9 Å². The first-order chi connectivity index (χ1) is 11.3. The number of likely N-dealkylation sites (N-methyl/N-ethyl adjacent to an activating group) is 1. The number of allylic oxidation sites excluding steroid dienone is 1. The first-order valence-electron chi connectivity index (χ1n) is 9.62. The van der Waals surface area contributed by atoms with Gasteiger partial charge in [-0.1, -0.05) is 31.6 Å². The lowest BCUT2D eigenvalue weighted by atomic mass is 9.47. The van der Waals surface area contributed by atoms with E-state index in [1.807, 2.05) is 11.9 Å². The van der Waals surface area contributed by atoms with E-state index >= 15 is 0 Å². The Morgan fingerprint density at radius 2 is 2.00 bits per heavy atom. The van der Waals surface area contributed by atoms with Crippen LogP contribution in [-0.2, 0) is 4.79 Å². The Balaban J connectivity index is 1.78. The molecule has 0 saturated heterocycles. The van der Waals surface area contributed by atoms with Crippen LogP contribution in [-0.4, -0.2) is 35.1 Å². The van der Waals surface area contributed by atoms with Gasteiger partial charge in [-0.2, -0.15) is 0 Å². The summed E-state index contributed by atoms with van der Waals surface area (Å²) in [7, 11) is 1.96. The van der Waals surface area contributed by atoms with Crippen molar-refractivity contribution < 1.29 is 9.90 Å². The van der Waals surface area contributed by atoms with Crippen LogP contribution < -0.4 is 0 Å². The third kappa shape index (κ3) is 1.91. The number of amides is 1. The molecule has 0 aromatic rings. The zero-order chi connectivity index (χ0) is 17.3. The molecule has 0 bridgehead atoms. The summed E-state index contributed by atoms with van der Waals surface area (Å²) in [6.45, 7) is 6.81. The minimum Gasteiger partial charge on any atom is -0.393 e. The topological polar surface area (TPSA) is 40.5 Å². The molecule has 3 fully saturated rings. The van der Waals surface area contributed by atoms with Gasteiger partial charge in [0.15, 0.2) is 0 Å². The Morgan fingerprint density at radius 1 is 1.25 bits per heavy atom. The molecule has 1 aliphatic heterocycles. The Hall–Kier alpha value is -1.09. The third-order valence-electron chi connectivity index (χ3n) is 8.29. The molecule has 4 aliphatic rings. The maximum Gasteiger partial charge on any atom is 0.246 e. The van der Waals surface area contributed by atoms with Crippen molar-refractivity contribution >= 4 is 5.91 Å². The van der Waals surface area contributed by atoms with Crippen LogP contribution in [0.3, 0.4) is 0 Å². The number of hydrogen-bond acceptors (Lipinski definition) is 2. The summed E-state index contributed by atoms with van der Waals surface area (Å²) in [4.78, 5) is 14.2. The highest BCUT2D eigenvalue weighted by molar-refractivity contribution is 5.89. The van der Waals surface area contributed by atoms with E-state index in [2.05, 4.69) is 32.9 Å². The molecule has 0 spiro atoms. The molecule has 3 saturated carbocycles. The second-order valence-electron chi connectivity index (χ2n) is 9.13. The number of carbonyl (C=O) groups excluding carboxylic acids is 1. The fourth-order valence-corrected chi connectivity index (χ4v) is 6.96. The zero-order valence-electron chi connectivity index (χ0n) is 15.5. The molecule has 1 amide bonds. The summed E-state index contributed by atoms with van der Waals surface area (Å²) in [5.41, 5.74) is 1.55. The van der Waals surface area contributed by atoms with Gasteiger partial charge < -0.3 is 10.0 Å². The van der Waals surface area contributed by atoms with Crippen molar-refractivity contribution in [1.82, 2.24) is 4.90 Å². The highest BCUT2D eigenvalue weighted by atomic mass is 16.3. The van der Waals surface area contributed by atoms with Crippen LogP contribution in [0.5, 0.6) is 0 Å². The SMILES string of the molecule is CC=C1C[C@@H]2[C@H](CC[C@]3(C)[C@@H](O)CC[C@@H]23)[C@@]2(C)C=CC(=O)N(C)[C@H]12. The van der Waals surface area contributed by atoms with E-state index in [-0.39, 0.29) is 28.9 Å². The van der Waals surface area contributed by atoms with Crippen molar-refractivity contribution in [2.45, 2.75) is 65.0 Å². The van der Waals surface area contributed by atoms with Gasteiger partial charge in [0, 0.05) is 12.5 Å². The van der Waals surface area contributed by atoms with Gasteiger partial charge in [0.2, 0.25) is 5.91 Å². The number of nitrogens with zero attached hydrogens (tertiary/aromatic N) is 1. The van der Waals surface area contributed by atoms with Gasteiger partial charge >= 0.3 is 0 Å². The van der Waals surface area contributed by atoms with Crippen LogP contribution in [0.15, 0.2) is 23.8 Å². The van der Waals surface area contributed by atoms with Gasteiger partial charge in [-0.05, 0) is 68.3 Å². The lowest BCUT2D eigenvalue weighted by molar-refractivity contribution is -0.135. The fourth-order valence-electron chi connectivity index (χ4n) is 6.96. The van der Waals surface area contributed by atoms with Crippen LogP contribution in [0.2, 0.25) is 0 Å². The van der Waals surface area contributed by atoms with Gasteiger partial charge in [0.25, 0.3) is 0 Å². The molecule has 0 radical (unpaired) electrons. The van der Waals surface area contributed by atoms with E-state index in [0.29, 0.717) is 17.8 Å². The minimum atomic E-state index is -0.130. The number of rotatable bonds is 0. The van der Waals surface area contributed by atoms with Crippen molar-refractivity contribution in [3.8, 4) is 0 Å². The minimum absolute atomic E-state index is 0.0301. The molecule has 132 valence electrons. The van der Waals surface area contributed by atoms with Gasteiger partial charge in [-0.15, -0.1) is 0 Å². The van der Waals surface area contributed by atoms with Crippen LogP contribution in [0, 0.1) is 28.6 Å². The molecular formula is C21H31NO2. The molecule has 7 atom stereocenters. The molecule has 0 aromatic heterocycles. The predicted octanol–water partition coefficient (Wildman–Crippen LogP) is 3.54. The highest BCUT2D eigenvalue weighted by Crippen LogP contribution is 2.64. The second-order valence-corrected chi connectivity index (χ2v) is 9.13. The van der Waals surface area contributed by atoms with Crippen molar-refractivity contribution in [2.75, 3.05) is 7.05 Å². The summed E-state index contributed by atoms with van der Waals surface area (Å²) < 4.78 is 0. The van der Waals surface area contributed by atoms with E-state index in [4.69, 9.17) is 0 Å². The first kappa shape index (κ1) is 16.4. The molecule has 1 heterocycles. The average molecular weight is 329 g/mol. The average Bonchev–Trinajstić information content (AvgIpc) is 2.86. The molecule has 1 N–H and O–H groups in total. The predicted molar refractivity (Wildman–Crippen MR) is 95.2 cm³/mol. The summed E-state index contributed by atoms with van der Waals surface area (Å²) in [6, 6.07) is 0.205. The molecular weight excluding hydrogens is 298 g/mol. The lowest BCUT2D eigenvalue weighted by Crippen LogP contribution is -2.60. The lowest BCUT2D eigenvalue weighted by Gasteiger charge is -2.60. The van der Waals surface area contributed by atoms with Crippen molar-refractivity contribution in [2.24, 2.45) is 28.6 Å². The zero-order valence-corrected chi connectivity index (χ0v) is 15.5. The number of aliphatic hydroxyl groups excluding tert-OH is 1. The Kier molecular flexibility index (Phi) is 3.55. The highest BCUT2D eigenvalue weighted by Gasteiger charge is 2.61. The van der Waals surface area contributed by atoms with E-state index in [9.17, 15) is 9.90 Å². The second kappa shape index (κ2) is 5.20. The Bertz CT molecular complexity index is 623. The number of hydrogen-bond donors (Lipinski definition) is 1. The van der Waals surface area contributed by atoms with Gasteiger partial charge in [0.05, 0.1) is 12.1 Å². The van der Waals surface area contributed by atoms with Crippen molar-refractivity contribution in [3.63, 3.8) is 0 Å². The van der Waals surface area contributed by atoms with Crippen LogP contribution in [0.4, 0.5) is 0 Å². The maximum absolute atomic E-state index is 12.3. The smallest absolute Gasteiger partial charge is 0.246 e. The fraction of sp³-hybridized carbons (Fsp3) is 0.762. The number of aliphatic hydroxyl groups is 1. The van der Waals surface area contributed by atoms with Crippen molar-refractivity contribution in [1.29, 1.82) is 0 Å². The monoisotopic (exact) mass is 329 g/mol. The van der Waals surface area contributed by atoms with E-state index in [1.165, 1.54) is 12.0 Å². The molecule has 0 aromatic carbocycles. The molecule has 0 unspecified atom stereocenters. The maximum atomic E-state index is 12.3. The number of fused-ring (bicyclic) bond motifs is 5. The third-order valence-corrected chi connectivity index (χ3v) is 8.29. The van der Waals surface area contributed by atoms with Gasteiger partial charge in [-0.25, -0.2) is 0 Å². The summed E-state index contributed by atoms with van der Waals surface area (Å²) in [5, 5.41) is 10.6. The summed E-state index contributed by atoms with van der Waals surface area (Å²) in [5.74, 6) is 2.00. The van der Waals surface area contributed by atoms with Gasteiger partial charge in [0.1, 0.15) is 0 Å². The molecule has 3 nitrogen and oxygen atoms in total. The largest absolute Gasteiger partial charge is 0.393 e. The first-order valence-corrected chi connectivity index (χ1v) is 9.62. The Labute approximate surface area is 145 Å². The number of carbonyl (C=O) groups is 1. The Morgan fingerprint density at radius 3 is 2.71 bits per heavy atom. The summed E-state index contributed by atoms with van der Waals surface area (Å²) in [6.07, 6.45) is 11.6. The summed E-state index contributed by atoms with van der Waals surface area (Å²) >= 11 is 0. The van der Waals surface area contributed by atoms with E-state index < -0.39 is 0 Å². The quantitative estimate of drug-likeness (QED) is 0.691. The molecule has 4 rings (SSSR count). The van der Waals surface area contributed by atoms with Crippen LogP contribution in [0.25, 0.3) is 0 Å². The standard InChI is InChI=1S/C21H31NO2/c1-5-13-12-14-15-6-7-17(23)20(15,2)10-8-16(14)21(3)11-9-18(24)22(4)19(13)21/h5,9,11,14-17,19,23H,6-8,10,12H2,1-4H3/t14-,15-,16-,17-,19+,20-,21+/m0/s1. The van der Waals surface area contributed by atoms with Crippen LogP contribution >= 0.6 is 0 Å². The van der Waals surface area contributed by atoms with E-state index in [0.717, 1.165) is 25.7 Å². The van der Waals surface area contributed by atoms with Crippen molar-refractivity contribution in [3.05, 3.63) is 23.8 Å². The van der Waals surface area contributed by atoms with E-state index in [1.54, 1.807) is 6.08 Å².